The molecule has 2 aromatic rings. The molecule has 2 aliphatic heterocycles. The second kappa shape index (κ2) is 8.31. The topological polar surface area (TPSA) is 41.6 Å². The van der Waals surface area contributed by atoms with Gasteiger partial charge < -0.3 is 15.0 Å². The van der Waals surface area contributed by atoms with Gasteiger partial charge in [0.25, 0.3) is 0 Å². The number of para-hydroxylation sites is 1. The summed E-state index contributed by atoms with van der Waals surface area (Å²) in [6.45, 7) is 2.43. The van der Waals surface area contributed by atoms with Crippen molar-refractivity contribution in [2.75, 3.05) is 7.11 Å². The van der Waals surface area contributed by atoms with Gasteiger partial charge in [0.2, 0.25) is 5.91 Å². The summed E-state index contributed by atoms with van der Waals surface area (Å²) in [5.41, 5.74) is 2.46. The minimum atomic E-state index is 0.171. The monoisotopic (exact) mass is 418 g/mol. The maximum atomic E-state index is 14.0. The van der Waals surface area contributed by atoms with Gasteiger partial charge in [0.15, 0.2) is 0 Å². The number of hydrogen-bond donors (Lipinski definition) is 1. The highest BCUT2D eigenvalue weighted by atomic mass is 16.5. The first-order valence-electron chi connectivity index (χ1n) is 11.8. The van der Waals surface area contributed by atoms with E-state index in [-0.39, 0.29) is 17.4 Å². The van der Waals surface area contributed by atoms with E-state index in [0.717, 1.165) is 24.2 Å². The summed E-state index contributed by atoms with van der Waals surface area (Å²) in [4.78, 5) is 16.3. The van der Waals surface area contributed by atoms with E-state index in [4.69, 9.17) is 4.74 Å². The van der Waals surface area contributed by atoms with Crippen LogP contribution in [-0.4, -0.2) is 42.1 Å². The molecule has 31 heavy (non-hydrogen) atoms. The predicted molar refractivity (Wildman–Crippen MR) is 123 cm³/mol. The van der Waals surface area contributed by atoms with Crippen LogP contribution >= 0.6 is 0 Å². The number of carbonyl (C=O) groups excluding carboxylic acids is 1. The van der Waals surface area contributed by atoms with Gasteiger partial charge in [-0.1, -0.05) is 68.3 Å². The number of methoxy groups -OCH3 is 1. The highest BCUT2D eigenvalue weighted by molar-refractivity contribution is 5.80. The summed E-state index contributed by atoms with van der Waals surface area (Å²) in [6, 6.07) is 20.0. The molecule has 1 N–H and O–H groups in total. The summed E-state index contributed by atoms with van der Waals surface area (Å²) in [5, 5.41) is 3.99. The van der Waals surface area contributed by atoms with Crippen molar-refractivity contribution in [1.29, 1.82) is 0 Å². The van der Waals surface area contributed by atoms with Gasteiger partial charge >= 0.3 is 0 Å². The lowest BCUT2D eigenvalue weighted by Crippen LogP contribution is -2.62. The molecule has 1 saturated carbocycles. The van der Waals surface area contributed by atoms with Gasteiger partial charge in [-0.25, -0.2) is 0 Å². The molecule has 0 unspecified atom stereocenters. The van der Waals surface area contributed by atoms with Crippen molar-refractivity contribution in [2.45, 2.75) is 76.0 Å². The molecule has 2 bridgehead atoms. The highest BCUT2D eigenvalue weighted by Gasteiger charge is 2.59. The molecular formula is C27H34N2O2. The summed E-state index contributed by atoms with van der Waals surface area (Å²) in [5.74, 6) is 1.05. The summed E-state index contributed by atoms with van der Waals surface area (Å²) in [7, 11) is 1.68. The number of rotatable bonds is 5. The summed E-state index contributed by atoms with van der Waals surface area (Å²) in [6.07, 6.45) is 7.31. The number of carbonyl (C=O) groups is 1. The van der Waals surface area contributed by atoms with Crippen LogP contribution in [0.3, 0.4) is 0 Å². The number of nitrogens with one attached hydrogen (secondary N) is 1. The first-order chi connectivity index (χ1) is 15.1. The van der Waals surface area contributed by atoms with E-state index in [0.29, 0.717) is 24.5 Å². The number of amides is 1. The number of likely N-dealkylation sites (tertiary alicyclic amines) is 1. The van der Waals surface area contributed by atoms with Crippen LogP contribution in [0.5, 0.6) is 5.75 Å². The molecule has 164 valence electrons. The Morgan fingerprint density at radius 3 is 2.65 bits per heavy atom. The Labute approximate surface area is 186 Å². The number of benzene rings is 2. The van der Waals surface area contributed by atoms with Crippen molar-refractivity contribution >= 4 is 5.91 Å². The second-order valence-corrected chi connectivity index (χ2v) is 9.88. The Morgan fingerprint density at radius 1 is 1.10 bits per heavy atom. The molecule has 5 rings (SSSR count). The van der Waals surface area contributed by atoms with Crippen molar-refractivity contribution in [2.24, 2.45) is 5.41 Å². The van der Waals surface area contributed by atoms with Crippen molar-refractivity contribution in [1.82, 2.24) is 10.2 Å². The molecule has 0 aromatic heterocycles. The fourth-order valence-electron chi connectivity index (χ4n) is 6.61. The predicted octanol–water partition coefficient (Wildman–Crippen LogP) is 4.37. The van der Waals surface area contributed by atoms with Crippen LogP contribution in [0.2, 0.25) is 0 Å². The molecule has 4 heteroatoms. The van der Waals surface area contributed by atoms with Gasteiger partial charge in [0, 0.05) is 29.1 Å². The average Bonchev–Trinajstić information content (AvgIpc) is 2.99. The lowest BCUT2D eigenvalue weighted by Gasteiger charge is -2.51. The molecule has 1 amide bonds. The van der Waals surface area contributed by atoms with E-state index in [1.807, 2.05) is 24.3 Å². The van der Waals surface area contributed by atoms with Crippen LogP contribution in [-0.2, 0) is 17.6 Å². The summed E-state index contributed by atoms with van der Waals surface area (Å²) < 4.78 is 5.55. The number of hydrogen-bond acceptors (Lipinski definition) is 3. The normalized spacial score (nSPS) is 31.9. The number of piperidine rings is 1. The molecule has 0 spiro atoms. The number of nitrogens with zero attached hydrogens (tertiary/aromatic N) is 1. The molecule has 2 saturated heterocycles. The first-order valence-corrected chi connectivity index (χ1v) is 11.8. The molecule has 3 fully saturated rings. The maximum absolute atomic E-state index is 14.0. The second-order valence-electron chi connectivity index (χ2n) is 9.88. The van der Waals surface area contributed by atoms with Gasteiger partial charge in [0.1, 0.15) is 5.75 Å². The lowest BCUT2D eigenvalue weighted by atomic mass is 9.69. The van der Waals surface area contributed by atoms with Crippen LogP contribution in [0, 0.1) is 5.41 Å². The van der Waals surface area contributed by atoms with E-state index in [1.54, 1.807) is 7.11 Å². The third-order valence-corrected chi connectivity index (χ3v) is 8.12. The Bertz CT molecular complexity index is 930. The minimum absolute atomic E-state index is 0.171. The quantitative estimate of drug-likeness (QED) is 0.784. The Hall–Kier alpha value is -2.33. The molecule has 3 aliphatic rings. The third kappa shape index (κ3) is 3.65. The average molecular weight is 419 g/mol. The standard InChI is InChI=1S/C27H34N2O2/c1-27-18-21-22(16-19-10-4-3-5-11-19)29(25(27)15-9-8-14-24(27)28-21)26(30)17-20-12-6-7-13-23(20)31-2/h3-7,10-13,21-22,24-25,28H,8-9,14-18H2,1-2H3/t21-,22-,24-,25+,27-/m0/s1. The van der Waals surface area contributed by atoms with E-state index >= 15 is 0 Å². The SMILES string of the molecule is COc1ccccc1CC(=O)N1[C@@H](Cc2ccccc2)[C@@H]2C[C@@]3(C)[C@H](CCCC[C@@H]13)N2. The van der Waals surface area contributed by atoms with Gasteiger partial charge in [-0.2, -0.15) is 0 Å². The minimum Gasteiger partial charge on any atom is -0.496 e. The van der Waals surface area contributed by atoms with Crippen molar-refractivity contribution in [3.63, 3.8) is 0 Å². The lowest BCUT2D eigenvalue weighted by molar-refractivity contribution is -0.142. The van der Waals surface area contributed by atoms with Crippen molar-refractivity contribution in [3.05, 3.63) is 65.7 Å². The van der Waals surface area contributed by atoms with E-state index in [2.05, 4.69) is 47.5 Å². The van der Waals surface area contributed by atoms with Crippen LogP contribution < -0.4 is 10.1 Å². The highest BCUT2D eigenvalue weighted by Crippen LogP contribution is 2.51. The van der Waals surface area contributed by atoms with Crippen molar-refractivity contribution < 1.29 is 9.53 Å². The zero-order valence-corrected chi connectivity index (χ0v) is 18.7. The molecule has 2 aromatic carbocycles. The van der Waals surface area contributed by atoms with E-state index in [9.17, 15) is 4.79 Å². The smallest absolute Gasteiger partial charge is 0.227 e. The molecule has 5 atom stereocenters. The van der Waals surface area contributed by atoms with Gasteiger partial charge in [-0.05, 0) is 37.3 Å². The molecule has 4 nitrogen and oxygen atoms in total. The molecule has 0 radical (unpaired) electrons. The molecule has 1 aliphatic carbocycles. The van der Waals surface area contributed by atoms with Crippen molar-refractivity contribution in [3.8, 4) is 5.75 Å². The molecule has 2 heterocycles. The Kier molecular flexibility index (Phi) is 5.51. The first kappa shape index (κ1) is 20.6. The van der Waals surface area contributed by atoms with Crippen LogP contribution in [0.1, 0.15) is 50.2 Å². The Morgan fingerprint density at radius 2 is 1.84 bits per heavy atom. The third-order valence-electron chi connectivity index (χ3n) is 8.12. The van der Waals surface area contributed by atoms with Gasteiger partial charge in [-0.3, -0.25) is 4.79 Å². The fraction of sp³-hybridized carbons (Fsp3) is 0.519. The van der Waals surface area contributed by atoms with Crippen LogP contribution in [0.4, 0.5) is 0 Å². The fourth-order valence-corrected chi connectivity index (χ4v) is 6.61. The summed E-state index contributed by atoms with van der Waals surface area (Å²) >= 11 is 0. The zero-order chi connectivity index (χ0) is 21.4. The van der Waals surface area contributed by atoms with Gasteiger partial charge in [0.05, 0.1) is 19.6 Å². The number of ether oxygens (including phenoxy) is 1. The van der Waals surface area contributed by atoms with E-state index < -0.39 is 0 Å². The van der Waals surface area contributed by atoms with Crippen LogP contribution in [0.15, 0.2) is 54.6 Å². The number of fused-ring (bicyclic) bond motifs is 1. The Balaban J connectivity index is 1.50. The van der Waals surface area contributed by atoms with Gasteiger partial charge in [-0.15, -0.1) is 0 Å². The zero-order valence-electron chi connectivity index (χ0n) is 18.7. The van der Waals surface area contributed by atoms with E-state index in [1.165, 1.54) is 31.2 Å². The largest absolute Gasteiger partial charge is 0.496 e. The maximum Gasteiger partial charge on any atom is 0.227 e. The molecular weight excluding hydrogens is 384 g/mol. The van der Waals surface area contributed by atoms with Crippen LogP contribution in [0.25, 0.3) is 0 Å².